The summed E-state index contributed by atoms with van der Waals surface area (Å²) in [4.78, 5) is 2.44. The Morgan fingerprint density at radius 2 is 1.68 bits per heavy atom. The van der Waals surface area contributed by atoms with E-state index in [1.165, 1.54) is 17.8 Å². The summed E-state index contributed by atoms with van der Waals surface area (Å²) >= 11 is 0. The van der Waals surface area contributed by atoms with Gasteiger partial charge < -0.3 is 0 Å². The molecule has 2 bridgehead atoms. The third-order valence-corrected chi connectivity index (χ3v) is 5.20. The van der Waals surface area contributed by atoms with Crippen molar-refractivity contribution in [3.05, 3.63) is 35.4 Å². The molecule has 2 atom stereocenters. The Kier molecular flexibility index (Phi) is 3.01. The van der Waals surface area contributed by atoms with Gasteiger partial charge in [-0.2, -0.15) is 18.3 Å². The first-order chi connectivity index (χ1) is 10.4. The lowest BCUT2D eigenvalue weighted by Gasteiger charge is -2.46. The summed E-state index contributed by atoms with van der Waals surface area (Å²) in [6.07, 6.45) is -1.97. The highest BCUT2D eigenvalue weighted by Gasteiger charge is 2.48. The first-order valence-corrected chi connectivity index (χ1v) is 7.67. The quantitative estimate of drug-likeness (QED) is 0.793. The summed E-state index contributed by atoms with van der Waals surface area (Å²) in [6.45, 7) is 2.14. The van der Waals surface area contributed by atoms with E-state index in [0.29, 0.717) is 5.92 Å². The number of halogens is 3. The van der Waals surface area contributed by atoms with Crippen LogP contribution < -0.4 is 0 Å². The summed E-state index contributed by atoms with van der Waals surface area (Å²) in [5, 5.41) is 6.64. The second kappa shape index (κ2) is 4.72. The van der Waals surface area contributed by atoms with Crippen LogP contribution in [0.4, 0.5) is 13.2 Å². The summed E-state index contributed by atoms with van der Waals surface area (Å²) in [5.41, 5.74) is 1.54. The number of likely N-dealkylation sites (N-methyl/N-ethyl adjacent to an activating group) is 1. The van der Waals surface area contributed by atoms with Gasteiger partial charge in [0.2, 0.25) is 0 Å². The molecule has 22 heavy (non-hydrogen) atoms. The molecule has 118 valence electrons. The number of benzene rings is 1. The summed E-state index contributed by atoms with van der Waals surface area (Å²) in [5.74, 6) is 0.553. The average Bonchev–Trinajstić information content (AvgIpc) is 2.86. The fraction of sp³-hybridized carbons (Fsp3) is 0.562. The summed E-state index contributed by atoms with van der Waals surface area (Å²) in [7, 11) is 1.92. The van der Waals surface area contributed by atoms with E-state index in [1.807, 2.05) is 12.1 Å². The molecule has 4 aliphatic rings. The lowest BCUT2D eigenvalue weighted by Crippen LogP contribution is -2.56. The van der Waals surface area contributed by atoms with E-state index in [0.717, 1.165) is 31.5 Å². The number of nitrogens with zero attached hydrogens (tertiary/aromatic N) is 3. The van der Waals surface area contributed by atoms with Crippen LogP contribution in [0.15, 0.2) is 29.4 Å². The smallest absolute Gasteiger partial charge is 0.293 e. The normalized spacial score (nSPS) is 33.8. The highest BCUT2D eigenvalue weighted by atomic mass is 19.4. The minimum atomic E-state index is -4.28. The van der Waals surface area contributed by atoms with Crippen LogP contribution in [0.3, 0.4) is 0 Å². The van der Waals surface area contributed by atoms with Crippen molar-refractivity contribution < 1.29 is 13.2 Å². The van der Waals surface area contributed by atoms with Crippen molar-refractivity contribution in [1.29, 1.82) is 0 Å². The van der Waals surface area contributed by atoms with E-state index in [-0.39, 0.29) is 12.1 Å². The zero-order valence-corrected chi connectivity index (χ0v) is 12.3. The van der Waals surface area contributed by atoms with Gasteiger partial charge in [-0.3, -0.25) is 9.91 Å². The average molecular weight is 309 g/mol. The third kappa shape index (κ3) is 2.04. The van der Waals surface area contributed by atoms with Crippen molar-refractivity contribution in [2.24, 2.45) is 11.0 Å². The van der Waals surface area contributed by atoms with E-state index in [2.05, 4.69) is 4.90 Å². The van der Waals surface area contributed by atoms with E-state index in [4.69, 9.17) is 5.10 Å². The number of rotatable bonds is 1. The molecule has 0 saturated carbocycles. The molecular weight excluding hydrogens is 291 g/mol. The largest absolute Gasteiger partial charge is 0.416 e. The SMILES string of the molecule is CN1N=C2C3CCN(CC3)C2C1c1ccc(C(F)(F)F)cc1. The van der Waals surface area contributed by atoms with Gasteiger partial charge in [0, 0.05) is 13.0 Å². The van der Waals surface area contributed by atoms with Crippen LogP contribution in [0.1, 0.15) is 30.0 Å². The highest BCUT2D eigenvalue weighted by Crippen LogP contribution is 2.43. The lowest BCUT2D eigenvalue weighted by atomic mass is 9.78. The van der Waals surface area contributed by atoms with Crippen molar-refractivity contribution >= 4 is 5.71 Å². The molecule has 0 aromatic heterocycles. The summed E-state index contributed by atoms with van der Waals surface area (Å²) < 4.78 is 38.2. The molecule has 4 heterocycles. The van der Waals surface area contributed by atoms with Crippen LogP contribution in [0.5, 0.6) is 0 Å². The summed E-state index contributed by atoms with van der Waals surface area (Å²) in [6, 6.07) is 5.82. The molecule has 1 aromatic carbocycles. The number of hydrazone groups is 1. The van der Waals surface area contributed by atoms with E-state index >= 15 is 0 Å². The van der Waals surface area contributed by atoms with Crippen LogP contribution in [-0.2, 0) is 6.18 Å². The number of hydrogen-bond donors (Lipinski definition) is 0. The van der Waals surface area contributed by atoms with Crippen LogP contribution >= 0.6 is 0 Å². The number of hydrogen-bond acceptors (Lipinski definition) is 3. The Hall–Kier alpha value is -1.56. The number of alkyl halides is 3. The van der Waals surface area contributed by atoms with Crippen molar-refractivity contribution in [3.8, 4) is 0 Å². The molecule has 0 radical (unpaired) electrons. The number of piperidine rings is 3. The third-order valence-electron chi connectivity index (χ3n) is 5.20. The standard InChI is InChI=1S/C16H18F3N3/c1-21-14(11-2-4-12(5-3-11)16(17,18)19)15-13(20-21)10-6-8-22(15)9-7-10/h2-5,10,14-15H,6-9H2,1H3. The molecular formula is C16H18F3N3. The van der Waals surface area contributed by atoms with Crippen molar-refractivity contribution in [2.75, 3.05) is 20.1 Å². The minimum absolute atomic E-state index is 0.0281. The Morgan fingerprint density at radius 1 is 1.05 bits per heavy atom. The Morgan fingerprint density at radius 3 is 2.27 bits per heavy atom. The lowest BCUT2D eigenvalue weighted by molar-refractivity contribution is -0.137. The predicted octanol–water partition coefficient (Wildman–Crippen LogP) is 3.14. The van der Waals surface area contributed by atoms with Crippen molar-refractivity contribution in [2.45, 2.75) is 31.1 Å². The molecule has 2 unspecified atom stereocenters. The predicted molar refractivity (Wildman–Crippen MR) is 77.5 cm³/mol. The van der Waals surface area contributed by atoms with E-state index in [1.54, 1.807) is 12.1 Å². The Labute approximate surface area is 127 Å². The van der Waals surface area contributed by atoms with Crippen molar-refractivity contribution in [1.82, 2.24) is 9.91 Å². The first-order valence-electron chi connectivity index (χ1n) is 7.67. The molecule has 0 N–H and O–H groups in total. The van der Waals surface area contributed by atoms with Gasteiger partial charge in [-0.1, -0.05) is 12.1 Å². The zero-order chi connectivity index (χ0) is 15.5. The van der Waals surface area contributed by atoms with Gasteiger partial charge in [-0.25, -0.2) is 0 Å². The van der Waals surface area contributed by atoms with Crippen LogP contribution in [0.25, 0.3) is 0 Å². The van der Waals surface area contributed by atoms with Gasteiger partial charge >= 0.3 is 6.18 Å². The molecule has 3 fully saturated rings. The van der Waals surface area contributed by atoms with Crippen LogP contribution in [0.2, 0.25) is 0 Å². The molecule has 3 nitrogen and oxygen atoms in total. The van der Waals surface area contributed by atoms with Gasteiger partial charge in [0.25, 0.3) is 0 Å². The minimum Gasteiger partial charge on any atom is -0.293 e. The van der Waals surface area contributed by atoms with Gasteiger partial charge in [-0.05, 0) is 43.6 Å². The Balaban J connectivity index is 1.66. The van der Waals surface area contributed by atoms with E-state index in [9.17, 15) is 13.2 Å². The molecule has 5 rings (SSSR count). The van der Waals surface area contributed by atoms with Crippen molar-refractivity contribution in [3.63, 3.8) is 0 Å². The second-order valence-corrected chi connectivity index (χ2v) is 6.42. The fourth-order valence-electron chi connectivity index (χ4n) is 4.12. The van der Waals surface area contributed by atoms with Gasteiger partial charge in [-0.15, -0.1) is 0 Å². The molecule has 1 aromatic rings. The zero-order valence-electron chi connectivity index (χ0n) is 12.3. The number of fused-ring (bicyclic) bond motifs is 2. The topological polar surface area (TPSA) is 18.8 Å². The fourth-order valence-corrected chi connectivity index (χ4v) is 4.12. The monoisotopic (exact) mass is 309 g/mol. The maximum atomic E-state index is 12.7. The molecule has 6 heteroatoms. The van der Waals surface area contributed by atoms with Gasteiger partial charge in [0.1, 0.15) is 0 Å². The molecule has 3 saturated heterocycles. The van der Waals surface area contributed by atoms with Gasteiger partial charge in [0.15, 0.2) is 0 Å². The molecule has 0 aliphatic carbocycles. The molecule has 4 aliphatic heterocycles. The van der Waals surface area contributed by atoms with Crippen LogP contribution in [-0.4, -0.2) is 41.8 Å². The molecule has 0 spiro atoms. The van der Waals surface area contributed by atoms with E-state index < -0.39 is 11.7 Å². The maximum Gasteiger partial charge on any atom is 0.416 e. The maximum absolute atomic E-state index is 12.7. The Bertz CT molecular complexity index is 600. The second-order valence-electron chi connectivity index (χ2n) is 6.42. The van der Waals surface area contributed by atoms with Crippen LogP contribution in [0, 0.1) is 5.92 Å². The molecule has 0 amide bonds. The highest BCUT2D eigenvalue weighted by molar-refractivity contribution is 5.95. The first kappa shape index (κ1) is 14.1. The van der Waals surface area contributed by atoms with Gasteiger partial charge in [0.05, 0.1) is 23.4 Å².